The van der Waals surface area contributed by atoms with E-state index >= 15 is 0 Å². The molecule has 0 atom stereocenters. The van der Waals surface area contributed by atoms with Gasteiger partial charge in [-0.05, 0) is 89.5 Å². The molecule has 0 saturated carbocycles. The molecule has 1 N–H and O–H groups in total. The number of nitrogens with zero attached hydrogens (tertiary/aromatic N) is 1. The summed E-state index contributed by atoms with van der Waals surface area (Å²) in [6.45, 7) is 4.54. The molecule has 0 aliphatic heterocycles. The number of amides is 1. The maximum absolute atomic E-state index is 12.7. The summed E-state index contributed by atoms with van der Waals surface area (Å²) in [5.74, 6) is 0.660. The number of benzene rings is 3. The van der Waals surface area contributed by atoms with Crippen molar-refractivity contribution in [2.75, 3.05) is 11.9 Å². The van der Waals surface area contributed by atoms with Crippen molar-refractivity contribution in [1.29, 1.82) is 5.26 Å². The molecule has 3 rings (SSSR count). The van der Waals surface area contributed by atoms with Crippen LogP contribution in [0.5, 0.6) is 11.5 Å². The Hall–Kier alpha value is -3.02. The van der Waals surface area contributed by atoms with Crippen molar-refractivity contribution >= 4 is 51.9 Å². The predicted molar refractivity (Wildman–Crippen MR) is 140 cm³/mol. The number of halogens is 2. The van der Waals surface area contributed by atoms with Crippen molar-refractivity contribution in [3.8, 4) is 17.6 Å². The first-order chi connectivity index (χ1) is 15.9. The minimum atomic E-state index is -0.471. The molecule has 0 heterocycles. The van der Waals surface area contributed by atoms with E-state index in [1.54, 1.807) is 18.2 Å². The molecular formula is C26H22ClIN2O3. The topological polar surface area (TPSA) is 71.3 Å². The first kappa shape index (κ1) is 24.6. The number of para-hydroxylation sites is 1. The second-order valence-electron chi connectivity index (χ2n) is 7.12. The van der Waals surface area contributed by atoms with E-state index < -0.39 is 5.91 Å². The lowest BCUT2D eigenvalue weighted by molar-refractivity contribution is -0.112. The lowest BCUT2D eigenvalue weighted by Crippen LogP contribution is -2.14. The number of carbonyl (C=O) groups excluding carboxylic acids is 1. The highest BCUT2D eigenvalue weighted by Gasteiger charge is 2.15. The lowest BCUT2D eigenvalue weighted by atomic mass is 10.1. The summed E-state index contributed by atoms with van der Waals surface area (Å²) < 4.78 is 12.6. The van der Waals surface area contributed by atoms with Gasteiger partial charge < -0.3 is 14.8 Å². The Morgan fingerprint density at radius 1 is 1.15 bits per heavy atom. The highest BCUT2D eigenvalue weighted by atomic mass is 127. The summed E-state index contributed by atoms with van der Waals surface area (Å²) in [6.07, 6.45) is 1.54. The van der Waals surface area contributed by atoms with E-state index in [9.17, 15) is 10.1 Å². The summed E-state index contributed by atoms with van der Waals surface area (Å²) in [5.41, 5.74) is 3.17. The van der Waals surface area contributed by atoms with Crippen LogP contribution >= 0.6 is 34.2 Å². The van der Waals surface area contributed by atoms with E-state index in [4.69, 9.17) is 21.1 Å². The van der Waals surface area contributed by atoms with Gasteiger partial charge in [0.2, 0.25) is 0 Å². The summed E-state index contributed by atoms with van der Waals surface area (Å²) in [6, 6.07) is 20.5. The third-order valence-electron chi connectivity index (χ3n) is 4.67. The Balaban J connectivity index is 1.86. The molecule has 3 aromatic rings. The van der Waals surface area contributed by atoms with Crippen LogP contribution in [0.4, 0.5) is 5.69 Å². The van der Waals surface area contributed by atoms with Gasteiger partial charge in [-0.25, -0.2) is 0 Å². The maximum Gasteiger partial charge on any atom is 0.266 e. The number of aryl methyl sites for hydroxylation is 1. The molecule has 0 saturated heterocycles. The third kappa shape index (κ3) is 6.73. The molecule has 168 valence electrons. The molecule has 0 bridgehead atoms. The molecule has 1 amide bonds. The lowest BCUT2D eigenvalue weighted by Gasteiger charge is -2.15. The van der Waals surface area contributed by atoms with E-state index in [-0.39, 0.29) is 5.57 Å². The van der Waals surface area contributed by atoms with E-state index in [0.717, 1.165) is 14.7 Å². The molecule has 0 spiro atoms. The van der Waals surface area contributed by atoms with Crippen molar-refractivity contribution in [3.05, 3.63) is 91.5 Å². The number of nitriles is 1. The zero-order valence-electron chi connectivity index (χ0n) is 18.2. The molecule has 5 nitrogen and oxygen atoms in total. The molecule has 0 radical (unpaired) electrons. The van der Waals surface area contributed by atoms with Gasteiger partial charge in [0.05, 0.1) is 10.2 Å². The Kier molecular flexibility index (Phi) is 8.75. The summed E-state index contributed by atoms with van der Waals surface area (Å²) >= 11 is 8.22. The van der Waals surface area contributed by atoms with E-state index in [2.05, 4.69) is 27.9 Å². The van der Waals surface area contributed by atoms with Crippen LogP contribution in [0.3, 0.4) is 0 Å². The van der Waals surface area contributed by atoms with Gasteiger partial charge in [-0.15, -0.1) is 0 Å². The van der Waals surface area contributed by atoms with Gasteiger partial charge in [0.1, 0.15) is 18.2 Å². The number of hydrogen-bond acceptors (Lipinski definition) is 4. The molecule has 3 aromatic carbocycles. The Labute approximate surface area is 212 Å². The van der Waals surface area contributed by atoms with Gasteiger partial charge in [0.15, 0.2) is 11.5 Å². The normalized spacial score (nSPS) is 10.9. The van der Waals surface area contributed by atoms with Crippen molar-refractivity contribution in [1.82, 2.24) is 0 Å². The molecule has 0 aromatic heterocycles. The van der Waals surface area contributed by atoms with Gasteiger partial charge in [0, 0.05) is 10.7 Å². The molecule has 0 aliphatic carbocycles. The summed E-state index contributed by atoms with van der Waals surface area (Å²) in [5, 5.41) is 13.0. The molecule has 0 fully saturated rings. The van der Waals surface area contributed by atoms with Gasteiger partial charge in [-0.2, -0.15) is 5.26 Å². The van der Waals surface area contributed by atoms with E-state index in [0.29, 0.717) is 41.0 Å². The number of rotatable bonds is 8. The average Bonchev–Trinajstić information content (AvgIpc) is 2.78. The Morgan fingerprint density at radius 2 is 1.94 bits per heavy atom. The SMILES string of the molecule is CCOc1cc(/C=C(\C#N)C(=O)Nc2ccccc2C)cc(I)c1OCc1cccc(Cl)c1. The quantitative estimate of drug-likeness (QED) is 0.184. The second-order valence-corrected chi connectivity index (χ2v) is 8.72. The van der Waals surface area contributed by atoms with Crippen LogP contribution in [0.15, 0.2) is 66.2 Å². The van der Waals surface area contributed by atoms with Crippen molar-refractivity contribution in [2.45, 2.75) is 20.5 Å². The van der Waals surface area contributed by atoms with E-state index in [1.807, 2.05) is 68.4 Å². The molecule has 7 heteroatoms. The number of ether oxygens (including phenoxy) is 2. The van der Waals surface area contributed by atoms with Crippen LogP contribution in [-0.4, -0.2) is 12.5 Å². The van der Waals surface area contributed by atoms with Gasteiger partial charge in [-0.1, -0.05) is 41.9 Å². The average molecular weight is 573 g/mol. The zero-order chi connectivity index (χ0) is 23.8. The third-order valence-corrected chi connectivity index (χ3v) is 5.71. The van der Waals surface area contributed by atoms with Gasteiger partial charge in [0.25, 0.3) is 5.91 Å². The minimum absolute atomic E-state index is 0.0101. The van der Waals surface area contributed by atoms with E-state index in [1.165, 1.54) is 0 Å². The zero-order valence-corrected chi connectivity index (χ0v) is 21.1. The highest BCUT2D eigenvalue weighted by Crippen LogP contribution is 2.35. The molecule has 0 aliphatic rings. The molecular weight excluding hydrogens is 551 g/mol. The molecule has 33 heavy (non-hydrogen) atoms. The van der Waals surface area contributed by atoms with Crippen LogP contribution < -0.4 is 14.8 Å². The van der Waals surface area contributed by atoms with Gasteiger partial charge in [-0.3, -0.25) is 4.79 Å². The molecule has 0 unspecified atom stereocenters. The summed E-state index contributed by atoms with van der Waals surface area (Å²) in [7, 11) is 0. The minimum Gasteiger partial charge on any atom is -0.490 e. The summed E-state index contributed by atoms with van der Waals surface area (Å²) in [4.78, 5) is 12.7. The first-order valence-corrected chi connectivity index (χ1v) is 11.7. The largest absolute Gasteiger partial charge is 0.490 e. The highest BCUT2D eigenvalue weighted by molar-refractivity contribution is 14.1. The van der Waals surface area contributed by atoms with Crippen LogP contribution in [-0.2, 0) is 11.4 Å². The standard InChI is InChI=1S/C26H22ClIN2O3/c1-3-32-24-14-19(11-20(15-29)26(31)30-23-10-5-4-7-17(23)2)13-22(28)25(24)33-16-18-8-6-9-21(27)12-18/h4-14H,3,16H2,1-2H3,(H,30,31)/b20-11+. The smallest absolute Gasteiger partial charge is 0.266 e. The Bertz CT molecular complexity index is 1230. The van der Waals surface area contributed by atoms with Crippen molar-refractivity contribution in [3.63, 3.8) is 0 Å². The Morgan fingerprint density at radius 3 is 2.64 bits per heavy atom. The fourth-order valence-corrected chi connectivity index (χ4v) is 4.07. The number of nitrogens with one attached hydrogen (secondary N) is 1. The number of anilines is 1. The van der Waals surface area contributed by atoms with Crippen LogP contribution in [0.25, 0.3) is 6.08 Å². The second kappa shape index (κ2) is 11.7. The number of hydrogen-bond donors (Lipinski definition) is 1. The predicted octanol–water partition coefficient (Wildman–Crippen LogP) is 6.78. The van der Waals surface area contributed by atoms with Crippen LogP contribution in [0.1, 0.15) is 23.6 Å². The van der Waals surface area contributed by atoms with Crippen LogP contribution in [0, 0.1) is 21.8 Å². The fourth-order valence-electron chi connectivity index (χ4n) is 3.07. The maximum atomic E-state index is 12.7. The van der Waals surface area contributed by atoms with Crippen LogP contribution in [0.2, 0.25) is 5.02 Å². The first-order valence-electron chi connectivity index (χ1n) is 10.2. The van der Waals surface area contributed by atoms with Crippen molar-refractivity contribution in [2.24, 2.45) is 0 Å². The fraction of sp³-hybridized carbons (Fsp3) is 0.154. The number of carbonyl (C=O) groups is 1. The van der Waals surface area contributed by atoms with Crippen molar-refractivity contribution < 1.29 is 14.3 Å². The monoisotopic (exact) mass is 572 g/mol. The van der Waals surface area contributed by atoms with Gasteiger partial charge >= 0.3 is 0 Å².